The number of hydrogen-bond donors (Lipinski definition) is 3. The number of pyridine rings is 1. The summed E-state index contributed by atoms with van der Waals surface area (Å²) in [5.41, 5.74) is 0.0872. The third-order valence-electron chi connectivity index (χ3n) is 3.06. The molecule has 1 amide bonds. The molecule has 1 aromatic heterocycles. The van der Waals surface area contributed by atoms with Gasteiger partial charge in [0.1, 0.15) is 0 Å². The van der Waals surface area contributed by atoms with Crippen LogP contribution in [0.3, 0.4) is 0 Å². The van der Waals surface area contributed by atoms with Crippen LogP contribution < -0.4 is 16.2 Å². The maximum atomic E-state index is 11.7. The number of H-pyrrole nitrogens is 1. The van der Waals surface area contributed by atoms with Crippen molar-refractivity contribution in [3.8, 4) is 0 Å². The van der Waals surface area contributed by atoms with Gasteiger partial charge in [-0.2, -0.15) is 0 Å². The molecule has 0 aromatic carbocycles. The summed E-state index contributed by atoms with van der Waals surface area (Å²) in [6.45, 7) is 2.93. The second kappa shape index (κ2) is 7.06. The van der Waals surface area contributed by atoms with Crippen molar-refractivity contribution in [1.82, 2.24) is 15.6 Å². The van der Waals surface area contributed by atoms with Gasteiger partial charge in [0, 0.05) is 24.4 Å². The average molecular weight is 265 g/mol. The first-order valence-electron chi connectivity index (χ1n) is 6.55. The van der Waals surface area contributed by atoms with Crippen molar-refractivity contribution in [3.63, 3.8) is 0 Å². The molecule has 0 unspecified atom stereocenters. The number of amides is 1. The molecule has 0 spiro atoms. The zero-order valence-corrected chi connectivity index (χ0v) is 10.8. The van der Waals surface area contributed by atoms with Gasteiger partial charge in [0.05, 0.1) is 12.7 Å². The highest BCUT2D eigenvalue weighted by atomic mass is 16.5. The van der Waals surface area contributed by atoms with Crippen LogP contribution in [0.15, 0.2) is 23.1 Å². The Balaban J connectivity index is 1.67. The van der Waals surface area contributed by atoms with Crippen LogP contribution in [-0.4, -0.2) is 43.2 Å². The third kappa shape index (κ3) is 4.50. The number of piperidine rings is 1. The fourth-order valence-electron chi connectivity index (χ4n) is 2.04. The second-order valence-electron chi connectivity index (χ2n) is 4.52. The van der Waals surface area contributed by atoms with E-state index in [-0.39, 0.29) is 17.6 Å². The Morgan fingerprint density at radius 1 is 1.42 bits per heavy atom. The van der Waals surface area contributed by atoms with Crippen molar-refractivity contribution in [2.24, 2.45) is 0 Å². The number of nitrogens with one attached hydrogen (secondary N) is 3. The molecule has 1 aromatic rings. The van der Waals surface area contributed by atoms with Gasteiger partial charge in [-0.05, 0) is 32.0 Å². The van der Waals surface area contributed by atoms with Gasteiger partial charge in [-0.25, -0.2) is 0 Å². The molecule has 1 aliphatic heterocycles. The van der Waals surface area contributed by atoms with Crippen molar-refractivity contribution in [2.75, 3.05) is 26.2 Å². The number of carbonyl (C=O) groups excluding carboxylic acids is 1. The molecule has 1 saturated heterocycles. The average Bonchev–Trinajstić information content (AvgIpc) is 2.44. The largest absolute Gasteiger partial charge is 0.376 e. The lowest BCUT2D eigenvalue weighted by atomic mass is 10.1. The van der Waals surface area contributed by atoms with Gasteiger partial charge in [0.2, 0.25) is 5.56 Å². The molecule has 0 bridgehead atoms. The summed E-state index contributed by atoms with van der Waals surface area (Å²) in [4.78, 5) is 25.3. The lowest BCUT2D eigenvalue weighted by Crippen LogP contribution is -2.35. The zero-order chi connectivity index (χ0) is 13.5. The molecule has 1 fully saturated rings. The first-order chi connectivity index (χ1) is 9.25. The van der Waals surface area contributed by atoms with E-state index in [2.05, 4.69) is 15.6 Å². The Bertz CT molecular complexity index is 466. The molecule has 0 aliphatic carbocycles. The van der Waals surface area contributed by atoms with E-state index < -0.39 is 0 Å². The molecule has 19 heavy (non-hydrogen) atoms. The summed E-state index contributed by atoms with van der Waals surface area (Å²) in [6, 6.07) is 2.85. The maximum absolute atomic E-state index is 11.7. The molecule has 0 radical (unpaired) electrons. The van der Waals surface area contributed by atoms with Gasteiger partial charge in [0.15, 0.2) is 0 Å². The monoisotopic (exact) mass is 265 g/mol. The molecular weight excluding hydrogens is 246 g/mol. The molecule has 0 atom stereocenters. The Kier molecular flexibility index (Phi) is 5.11. The SMILES string of the molecule is O=C(NCCOC1CCNCC1)c1cc[nH]c(=O)c1. The highest BCUT2D eigenvalue weighted by Crippen LogP contribution is 2.06. The summed E-state index contributed by atoms with van der Waals surface area (Å²) < 4.78 is 5.67. The first kappa shape index (κ1) is 13.8. The van der Waals surface area contributed by atoms with Crippen LogP contribution in [0.25, 0.3) is 0 Å². The molecule has 6 nitrogen and oxygen atoms in total. The smallest absolute Gasteiger partial charge is 0.251 e. The van der Waals surface area contributed by atoms with E-state index in [4.69, 9.17) is 4.74 Å². The van der Waals surface area contributed by atoms with Gasteiger partial charge in [-0.1, -0.05) is 0 Å². The summed E-state index contributed by atoms with van der Waals surface area (Å²) in [6.07, 6.45) is 3.78. The van der Waals surface area contributed by atoms with E-state index in [1.807, 2.05) is 0 Å². The van der Waals surface area contributed by atoms with E-state index in [0.717, 1.165) is 25.9 Å². The van der Waals surface area contributed by atoms with Gasteiger partial charge >= 0.3 is 0 Å². The standard InChI is InChI=1S/C13H19N3O3/c17-12-9-10(1-6-15-12)13(18)16-7-8-19-11-2-4-14-5-3-11/h1,6,9,11,14H,2-5,7-8H2,(H,15,17)(H,16,18). The second-order valence-corrected chi connectivity index (χ2v) is 4.52. The van der Waals surface area contributed by atoms with E-state index in [1.54, 1.807) is 6.07 Å². The first-order valence-corrected chi connectivity index (χ1v) is 6.55. The van der Waals surface area contributed by atoms with Crippen molar-refractivity contribution in [1.29, 1.82) is 0 Å². The van der Waals surface area contributed by atoms with Crippen LogP contribution in [0, 0.1) is 0 Å². The Labute approximate surface area is 111 Å². The number of hydrogen-bond acceptors (Lipinski definition) is 4. The van der Waals surface area contributed by atoms with Gasteiger partial charge in [0.25, 0.3) is 5.91 Å². The van der Waals surface area contributed by atoms with Gasteiger partial charge in [-0.15, -0.1) is 0 Å². The molecule has 104 valence electrons. The Morgan fingerprint density at radius 3 is 2.95 bits per heavy atom. The van der Waals surface area contributed by atoms with E-state index in [9.17, 15) is 9.59 Å². The molecule has 1 aliphatic rings. The quantitative estimate of drug-likeness (QED) is 0.648. The van der Waals surface area contributed by atoms with Crippen LogP contribution in [0.5, 0.6) is 0 Å². The summed E-state index contributed by atoms with van der Waals surface area (Å²) in [5, 5.41) is 6.00. The lowest BCUT2D eigenvalue weighted by molar-refractivity contribution is 0.0343. The normalized spacial score (nSPS) is 16.2. The van der Waals surface area contributed by atoms with Crippen LogP contribution in [-0.2, 0) is 4.74 Å². The number of aromatic nitrogens is 1. The Morgan fingerprint density at radius 2 is 2.21 bits per heavy atom. The number of carbonyl (C=O) groups is 1. The minimum atomic E-state index is -0.279. The van der Waals surface area contributed by atoms with Crippen molar-refractivity contribution >= 4 is 5.91 Å². The van der Waals surface area contributed by atoms with Crippen LogP contribution in [0.1, 0.15) is 23.2 Å². The maximum Gasteiger partial charge on any atom is 0.251 e. The minimum absolute atomic E-state index is 0.250. The molecule has 0 saturated carbocycles. The van der Waals surface area contributed by atoms with Crippen LogP contribution in [0.2, 0.25) is 0 Å². The summed E-state index contributed by atoms with van der Waals surface area (Å²) in [7, 11) is 0. The third-order valence-corrected chi connectivity index (χ3v) is 3.06. The lowest BCUT2D eigenvalue weighted by Gasteiger charge is -2.22. The highest BCUT2D eigenvalue weighted by Gasteiger charge is 2.13. The van der Waals surface area contributed by atoms with E-state index in [0.29, 0.717) is 18.7 Å². The molecule has 6 heteroatoms. The fraction of sp³-hybridized carbons (Fsp3) is 0.538. The molecule has 2 rings (SSSR count). The predicted octanol–water partition coefficient (Wildman–Crippen LogP) is -0.127. The number of rotatable bonds is 5. The Hall–Kier alpha value is -1.66. The predicted molar refractivity (Wildman–Crippen MR) is 71.2 cm³/mol. The van der Waals surface area contributed by atoms with Crippen molar-refractivity contribution < 1.29 is 9.53 Å². The minimum Gasteiger partial charge on any atom is -0.376 e. The van der Waals surface area contributed by atoms with Crippen molar-refractivity contribution in [3.05, 3.63) is 34.2 Å². The molecule has 3 N–H and O–H groups in total. The topological polar surface area (TPSA) is 83.2 Å². The van der Waals surface area contributed by atoms with Gasteiger partial charge < -0.3 is 20.4 Å². The van der Waals surface area contributed by atoms with E-state index in [1.165, 1.54) is 12.3 Å². The zero-order valence-electron chi connectivity index (χ0n) is 10.8. The van der Waals surface area contributed by atoms with Gasteiger partial charge in [-0.3, -0.25) is 9.59 Å². The molecule has 2 heterocycles. The van der Waals surface area contributed by atoms with E-state index >= 15 is 0 Å². The summed E-state index contributed by atoms with van der Waals surface area (Å²) in [5.74, 6) is -0.250. The fourth-order valence-corrected chi connectivity index (χ4v) is 2.04. The summed E-state index contributed by atoms with van der Waals surface area (Å²) >= 11 is 0. The molecular formula is C13H19N3O3. The van der Waals surface area contributed by atoms with Crippen LogP contribution in [0.4, 0.5) is 0 Å². The highest BCUT2D eigenvalue weighted by molar-refractivity contribution is 5.93. The number of aromatic amines is 1. The van der Waals surface area contributed by atoms with Crippen LogP contribution >= 0.6 is 0 Å². The van der Waals surface area contributed by atoms with Crippen molar-refractivity contribution in [2.45, 2.75) is 18.9 Å². The number of ether oxygens (including phenoxy) is 1.